The van der Waals surface area contributed by atoms with Crippen molar-refractivity contribution < 1.29 is 24.0 Å². The van der Waals surface area contributed by atoms with E-state index in [1.54, 1.807) is 26.0 Å². The second-order valence-electron chi connectivity index (χ2n) is 11.0. The first-order chi connectivity index (χ1) is 17.8. The van der Waals surface area contributed by atoms with E-state index < -0.39 is 10.5 Å². The van der Waals surface area contributed by atoms with Gasteiger partial charge in [0.1, 0.15) is 17.2 Å². The minimum absolute atomic E-state index is 0.0497. The van der Waals surface area contributed by atoms with E-state index in [0.29, 0.717) is 72.0 Å². The summed E-state index contributed by atoms with van der Waals surface area (Å²) in [5, 5.41) is 11.0. The maximum absolute atomic E-state index is 12.6. The maximum Gasteiger partial charge on any atom is 0.320 e. The van der Waals surface area contributed by atoms with Crippen molar-refractivity contribution in [3.8, 4) is 0 Å². The summed E-state index contributed by atoms with van der Waals surface area (Å²) in [6.07, 6.45) is 0. The van der Waals surface area contributed by atoms with Crippen LogP contribution in [0.1, 0.15) is 40.2 Å². The fourth-order valence-electron chi connectivity index (χ4n) is 4.38. The predicted molar refractivity (Wildman–Crippen MR) is 145 cm³/mol. The van der Waals surface area contributed by atoms with Crippen LogP contribution in [0.5, 0.6) is 0 Å². The molecule has 0 spiro atoms. The smallest absolute Gasteiger partial charge is 0.320 e. The minimum atomic E-state index is -0.577. The molecule has 0 atom stereocenters. The SMILES string of the molecule is CC(=O)CN1CCN(CC(C)=O)CCN(Cc2ccc([N+](=O)[O-])cc2)CCN(CC(=O)OC(C)(C)C)CC1. The van der Waals surface area contributed by atoms with Crippen LogP contribution < -0.4 is 0 Å². The highest BCUT2D eigenvalue weighted by Crippen LogP contribution is 2.14. The molecule has 0 saturated carbocycles. The number of esters is 1. The van der Waals surface area contributed by atoms with Crippen LogP contribution in [0.15, 0.2) is 24.3 Å². The maximum atomic E-state index is 12.6. The van der Waals surface area contributed by atoms with Crippen LogP contribution in [-0.4, -0.2) is 120 Å². The Morgan fingerprint density at radius 3 is 1.53 bits per heavy atom. The van der Waals surface area contributed by atoms with Gasteiger partial charge in [-0.3, -0.25) is 44.1 Å². The molecular formula is C27H43N5O6. The highest BCUT2D eigenvalue weighted by atomic mass is 16.6. The molecule has 1 heterocycles. The van der Waals surface area contributed by atoms with Crippen LogP contribution in [0, 0.1) is 10.1 Å². The van der Waals surface area contributed by atoms with Crippen molar-refractivity contribution >= 4 is 23.2 Å². The molecule has 11 heteroatoms. The lowest BCUT2D eigenvalue weighted by atomic mass is 10.2. The molecule has 38 heavy (non-hydrogen) atoms. The third-order valence-electron chi connectivity index (χ3n) is 6.15. The van der Waals surface area contributed by atoms with Crippen molar-refractivity contribution in [2.45, 2.75) is 46.8 Å². The predicted octanol–water partition coefficient (Wildman–Crippen LogP) is 1.84. The number of nitro benzene ring substituents is 1. The van der Waals surface area contributed by atoms with Gasteiger partial charge in [0.2, 0.25) is 0 Å². The van der Waals surface area contributed by atoms with Crippen molar-refractivity contribution in [2.24, 2.45) is 0 Å². The van der Waals surface area contributed by atoms with Gasteiger partial charge in [-0.05, 0) is 40.2 Å². The Kier molecular flexibility index (Phi) is 12.4. The molecule has 212 valence electrons. The third kappa shape index (κ3) is 12.7. The van der Waals surface area contributed by atoms with Gasteiger partial charge in [-0.2, -0.15) is 0 Å². The molecule has 0 bridgehead atoms. The summed E-state index contributed by atoms with van der Waals surface area (Å²) in [5.41, 5.74) is 0.424. The largest absolute Gasteiger partial charge is 0.459 e. The number of non-ortho nitro benzene ring substituents is 1. The average Bonchev–Trinajstić information content (AvgIpc) is 2.79. The van der Waals surface area contributed by atoms with Gasteiger partial charge in [-0.15, -0.1) is 0 Å². The highest BCUT2D eigenvalue weighted by molar-refractivity contribution is 5.78. The van der Waals surface area contributed by atoms with Gasteiger partial charge >= 0.3 is 5.97 Å². The highest BCUT2D eigenvalue weighted by Gasteiger charge is 2.22. The summed E-state index contributed by atoms with van der Waals surface area (Å²) in [5.74, 6) is -0.138. The van der Waals surface area contributed by atoms with Crippen LogP contribution >= 0.6 is 0 Å². The summed E-state index contributed by atoms with van der Waals surface area (Å²) in [7, 11) is 0. The topological polar surface area (TPSA) is 117 Å². The number of hydrogen-bond acceptors (Lipinski definition) is 10. The number of carbonyl (C=O) groups is 3. The first-order valence-corrected chi connectivity index (χ1v) is 13.1. The summed E-state index contributed by atoms with van der Waals surface area (Å²) >= 11 is 0. The van der Waals surface area contributed by atoms with Crippen molar-refractivity contribution in [2.75, 3.05) is 72.0 Å². The van der Waals surface area contributed by atoms with Crippen LogP contribution in [0.4, 0.5) is 5.69 Å². The molecule has 0 unspecified atom stereocenters. The quantitative estimate of drug-likeness (QED) is 0.264. The zero-order chi connectivity index (χ0) is 28.3. The number of rotatable bonds is 9. The molecule has 0 amide bonds. The van der Waals surface area contributed by atoms with E-state index in [2.05, 4.69) is 19.6 Å². The van der Waals surface area contributed by atoms with Crippen molar-refractivity contribution in [1.29, 1.82) is 0 Å². The molecule has 1 aromatic rings. The fraction of sp³-hybridized carbons (Fsp3) is 0.667. The Labute approximate surface area is 225 Å². The molecule has 0 N–H and O–H groups in total. The van der Waals surface area contributed by atoms with E-state index in [9.17, 15) is 24.5 Å². The third-order valence-corrected chi connectivity index (χ3v) is 6.15. The number of benzene rings is 1. The average molecular weight is 534 g/mol. The Balaban J connectivity index is 2.21. The van der Waals surface area contributed by atoms with Crippen LogP contribution in [0.2, 0.25) is 0 Å². The van der Waals surface area contributed by atoms with Crippen LogP contribution in [0.25, 0.3) is 0 Å². The standard InChI is InChI=1S/C27H43N5O6/c1-22(33)18-28-10-11-29(19-23(2)34)13-16-31(21-26(35)38-27(3,4)5)17-15-30(14-12-28)20-24-6-8-25(9-7-24)32(36)37/h6-9H,10-21H2,1-5H3. The number of ether oxygens (including phenoxy) is 1. The minimum Gasteiger partial charge on any atom is -0.459 e. The molecular weight excluding hydrogens is 490 g/mol. The number of hydrogen-bond donors (Lipinski definition) is 0. The van der Waals surface area contributed by atoms with Gasteiger partial charge in [0, 0.05) is 71.0 Å². The van der Waals surface area contributed by atoms with Crippen molar-refractivity contribution in [3.05, 3.63) is 39.9 Å². The molecule has 1 aliphatic rings. The van der Waals surface area contributed by atoms with Crippen molar-refractivity contribution in [3.63, 3.8) is 0 Å². The normalized spacial score (nSPS) is 17.8. The lowest BCUT2D eigenvalue weighted by molar-refractivity contribution is -0.384. The number of Topliss-reactive ketones (excluding diaryl/α,β-unsaturated/α-hetero) is 2. The number of carbonyl (C=O) groups excluding carboxylic acids is 3. The van der Waals surface area contributed by atoms with E-state index >= 15 is 0 Å². The van der Waals surface area contributed by atoms with E-state index in [-0.39, 0.29) is 29.8 Å². The van der Waals surface area contributed by atoms with Gasteiger partial charge in [-0.1, -0.05) is 12.1 Å². The Morgan fingerprint density at radius 1 is 0.763 bits per heavy atom. The Hall–Kier alpha value is -2.73. The number of nitro groups is 1. The lowest BCUT2D eigenvalue weighted by Crippen LogP contribution is -2.48. The molecule has 1 aliphatic heterocycles. The molecule has 0 radical (unpaired) electrons. The van der Waals surface area contributed by atoms with Gasteiger partial charge in [-0.25, -0.2) is 0 Å². The fourth-order valence-corrected chi connectivity index (χ4v) is 4.38. The van der Waals surface area contributed by atoms with Gasteiger partial charge in [0.25, 0.3) is 5.69 Å². The molecule has 1 saturated heterocycles. The summed E-state index contributed by atoms with van der Waals surface area (Å²) in [6, 6.07) is 6.54. The first-order valence-electron chi connectivity index (χ1n) is 13.1. The van der Waals surface area contributed by atoms with Gasteiger partial charge in [0.15, 0.2) is 0 Å². The van der Waals surface area contributed by atoms with Gasteiger partial charge in [0.05, 0.1) is 24.6 Å². The molecule has 0 aliphatic carbocycles. The number of ketones is 2. The van der Waals surface area contributed by atoms with E-state index in [4.69, 9.17) is 4.74 Å². The summed E-state index contributed by atoms with van der Waals surface area (Å²) < 4.78 is 5.55. The molecule has 0 aromatic heterocycles. The summed E-state index contributed by atoms with van der Waals surface area (Å²) in [6.45, 7) is 15.1. The Bertz CT molecular complexity index is 946. The second-order valence-corrected chi connectivity index (χ2v) is 11.0. The van der Waals surface area contributed by atoms with Gasteiger partial charge < -0.3 is 4.74 Å². The van der Waals surface area contributed by atoms with Crippen LogP contribution in [0.3, 0.4) is 0 Å². The zero-order valence-electron chi connectivity index (χ0n) is 23.5. The van der Waals surface area contributed by atoms with Crippen molar-refractivity contribution in [1.82, 2.24) is 19.6 Å². The van der Waals surface area contributed by atoms with E-state index in [1.165, 1.54) is 12.1 Å². The van der Waals surface area contributed by atoms with E-state index in [0.717, 1.165) is 5.56 Å². The lowest BCUT2D eigenvalue weighted by Gasteiger charge is -2.34. The number of nitrogens with zero attached hydrogens (tertiary/aromatic N) is 5. The molecule has 11 nitrogen and oxygen atoms in total. The second kappa shape index (κ2) is 15.0. The van der Waals surface area contributed by atoms with Crippen LogP contribution in [-0.2, 0) is 25.7 Å². The summed E-state index contributed by atoms with van der Waals surface area (Å²) in [4.78, 5) is 55.5. The molecule has 1 aromatic carbocycles. The molecule has 1 fully saturated rings. The monoisotopic (exact) mass is 533 g/mol. The zero-order valence-corrected chi connectivity index (χ0v) is 23.5. The first kappa shape index (κ1) is 31.5. The Morgan fingerprint density at radius 2 is 1.16 bits per heavy atom. The van der Waals surface area contributed by atoms with E-state index in [1.807, 2.05) is 20.8 Å². The molecule has 2 rings (SSSR count).